The Kier molecular flexibility index (Phi) is 5.07. The van der Waals surface area contributed by atoms with Gasteiger partial charge in [0.1, 0.15) is 5.82 Å². The minimum atomic E-state index is -0.332. The van der Waals surface area contributed by atoms with Crippen LogP contribution in [0, 0.1) is 5.82 Å². The highest BCUT2D eigenvalue weighted by Crippen LogP contribution is 2.32. The van der Waals surface area contributed by atoms with Crippen molar-refractivity contribution in [2.24, 2.45) is 0 Å². The van der Waals surface area contributed by atoms with E-state index in [4.69, 9.17) is 11.6 Å². The van der Waals surface area contributed by atoms with Crippen LogP contribution in [0.25, 0.3) is 0 Å². The fourth-order valence-corrected chi connectivity index (χ4v) is 2.94. The summed E-state index contributed by atoms with van der Waals surface area (Å²) in [6, 6.07) is 6.42. The Morgan fingerprint density at radius 3 is 2.63 bits per heavy atom. The third kappa shape index (κ3) is 3.60. The molecule has 1 aromatic carbocycles. The SMILES string of the molecule is Cl.Fc1ccc(CN(C2CC2)C2CCNC2)cc1Cl. The van der Waals surface area contributed by atoms with E-state index in [-0.39, 0.29) is 23.2 Å². The quantitative estimate of drug-likeness (QED) is 0.919. The van der Waals surface area contributed by atoms with Crippen molar-refractivity contribution in [3.63, 3.8) is 0 Å². The molecular formula is C14H19Cl2FN2. The monoisotopic (exact) mass is 304 g/mol. The maximum atomic E-state index is 13.2. The Morgan fingerprint density at radius 2 is 2.05 bits per heavy atom. The first kappa shape index (κ1) is 15.0. The molecule has 0 spiro atoms. The molecule has 1 aromatic rings. The van der Waals surface area contributed by atoms with Crippen LogP contribution in [-0.2, 0) is 6.54 Å². The second-order valence-corrected chi connectivity index (χ2v) is 5.71. The summed E-state index contributed by atoms with van der Waals surface area (Å²) < 4.78 is 13.2. The first-order valence-electron chi connectivity index (χ1n) is 6.64. The van der Waals surface area contributed by atoms with E-state index < -0.39 is 0 Å². The molecule has 1 aliphatic heterocycles. The van der Waals surface area contributed by atoms with E-state index in [1.165, 1.54) is 25.3 Å². The average molecular weight is 305 g/mol. The molecule has 1 heterocycles. The summed E-state index contributed by atoms with van der Waals surface area (Å²) >= 11 is 5.85. The first-order chi connectivity index (χ1) is 8.74. The summed E-state index contributed by atoms with van der Waals surface area (Å²) in [4.78, 5) is 2.56. The van der Waals surface area contributed by atoms with Gasteiger partial charge in [-0.05, 0) is 43.5 Å². The molecule has 1 saturated carbocycles. The smallest absolute Gasteiger partial charge is 0.141 e. The van der Waals surface area contributed by atoms with E-state index in [0.29, 0.717) is 6.04 Å². The average Bonchev–Trinajstić information content (AvgIpc) is 3.05. The summed E-state index contributed by atoms with van der Waals surface area (Å²) in [6.45, 7) is 3.07. The van der Waals surface area contributed by atoms with Gasteiger partial charge >= 0.3 is 0 Å². The zero-order valence-corrected chi connectivity index (χ0v) is 12.3. The van der Waals surface area contributed by atoms with Crippen LogP contribution in [0.1, 0.15) is 24.8 Å². The van der Waals surface area contributed by atoms with Gasteiger partial charge in [0.05, 0.1) is 5.02 Å². The highest BCUT2D eigenvalue weighted by Gasteiger charge is 2.34. The van der Waals surface area contributed by atoms with Crippen LogP contribution in [0.4, 0.5) is 4.39 Å². The van der Waals surface area contributed by atoms with Crippen LogP contribution in [-0.4, -0.2) is 30.1 Å². The molecule has 2 nitrogen and oxygen atoms in total. The van der Waals surface area contributed by atoms with Gasteiger partial charge in [-0.2, -0.15) is 0 Å². The molecule has 2 fully saturated rings. The number of rotatable bonds is 4. The van der Waals surface area contributed by atoms with Gasteiger partial charge in [0.15, 0.2) is 0 Å². The van der Waals surface area contributed by atoms with Crippen molar-refractivity contribution in [2.45, 2.75) is 37.9 Å². The predicted octanol–water partition coefficient (Wildman–Crippen LogP) is 3.23. The number of nitrogens with one attached hydrogen (secondary N) is 1. The molecule has 1 saturated heterocycles. The third-order valence-corrected chi connectivity index (χ3v) is 4.16. The highest BCUT2D eigenvalue weighted by molar-refractivity contribution is 6.30. The largest absolute Gasteiger partial charge is 0.315 e. The topological polar surface area (TPSA) is 15.3 Å². The van der Waals surface area contributed by atoms with Crippen molar-refractivity contribution in [1.82, 2.24) is 10.2 Å². The van der Waals surface area contributed by atoms with Crippen molar-refractivity contribution in [2.75, 3.05) is 13.1 Å². The molecule has 2 aliphatic rings. The molecule has 0 amide bonds. The molecule has 3 rings (SSSR count). The maximum absolute atomic E-state index is 13.2. The van der Waals surface area contributed by atoms with E-state index in [1.807, 2.05) is 6.07 Å². The Bertz CT molecular complexity index is 431. The standard InChI is InChI=1S/C14H18ClFN2.ClH/c15-13-7-10(1-4-14(13)16)9-18(11-2-3-11)12-5-6-17-8-12;/h1,4,7,11-12,17H,2-3,5-6,8-9H2;1H. The fourth-order valence-electron chi connectivity index (χ4n) is 2.73. The van der Waals surface area contributed by atoms with Crippen molar-refractivity contribution < 1.29 is 4.39 Å². The van der Waals surface area contributed by atoms with Gasteiger partial charge in [-0.25, -0.2) is 4.39 Å². The zero-order chi connectivity index (χ0) is 12.5. The molecule has 1 unspecified atom stereocenters. The van der Waals surface area contributed by atoms with Crippen LogP contribution in [0.15, 0.2) is 18.2 Å². The minimum Gasteiger partial charge on any atom is -0.315 e. The van der Waals surface area contributed by atoms with E-state index in [0.717, 1.165) is 31.2 Å². The Balaban J connectivity index is 0.00000133. The van der Waals surface area contributed by atoms with Gasteiger partial charge in [0.2, 0.25) is 0 Å². The van der Waals surface area contributed by atoms with Gasteiger partial charge < -0.3 is 5.32 Å². The van der Waals surface area contributed by atoms with Gasteiger partial charge in [-0.1, -0.05) is 17.7 Å². The number of nitrogens with zero attached hydrogens (tertiary/aromatic N) is 1. The number of halogens is 3. The summed E-state index contributed by atoms with van der Waals surface area (Å²) in [7, 11) is 0. The lowest BCUT2D eigenvalue weighted by Gasteiger charge is -2.28. The van der Waals surface area contributed by atoms with E-state index >= 15 is 0 Å². The Labute approximate surface area is 124 Å². The second-order valence-electron chi connectivity index (χ2n) is 5.30. The molecule has 1 N–H and O–H groups in total. The molecule has 0 bridgehead atoms. The lowest BCUT2D eigenvalue weighted by molar-refractivity contribution is 0.189. The van der Waals surface area contributed by atoms with Crippen LogP contribution in [0.5, 0.6) is 0 Å². The molecule has 0 radical (unpaired) electrons. The molecule has 106 valence electrons. The fraction of sp³-hybridized carbons (Fsp3) is 0.571. The van der Waals surface area contributed by atoms with Gasteiger partial charge in [0.25, 0.3) is 0 Å². The van der Waals surface area contributed by atoms with E-state index in [1.54, 1.807) is 6.07 Å². The summed E-state index contributed by atoms with van der Waals surface area (Å²) in [6.07, 6.45) is 3.81. The van der Waals surface area contributed by atoms with Crippen LogP contribution in [0.3, 0.4) is 0 Å². The lowest BCUT2D eigenvalue weighted by Crippen LogP contribution is -2.38. The lowest BCUT2D eigenvalue weighted by atomic mass is 10.1. The van der Waals surface area contributed by atoms with Gasteiger partial charge in [-0.15, -0.1) is 12.4 Å². The zero-order valence-electron chi connectivity index (χ0n) is 10.7. The molecule has 0 aromatic heterocycles. The molecule has 1 aliphatic carbocycles. The predicted molar refractivity (Wildman–Crippen MR) is 78.5 cm³/mol. The molecular weight excluding hydrogens is 286 g/mol. The van der Waals surface area contributed by atoms with Gasteiger partial charge in [-0.3, -0.25) is 4.90 Å². The van der Waals surface area contributed by atoms with Crippen molar-refractivity contribution in [3.05, 3.63) is 34.6 Å². The third-order valence-electron chi connectivity index (χ3n) is 3.87. The summed E-state index contributed by atoms with van der Waals surface area (Å²) in [5.74, 6) is -0.332. The van der Waals surface area contributed by atoms with Crippen molar-refractivity contribution in [1.29, 1.82) is 0 Å². The van der Waals surface area contributed by atoms with Crippen molar-refractivity contribution >= 4 is 24.0 Å². The maximum Gasteiger partial charge on any atom is 0.141 e. The molecule has 1 atom stereocenters. The van der Waals surface area contributed by atoms with Crippen molar-refractivity contribution in [3.8, 4) is 0 Å². The number of hydrogen-bond acceptors (Lipinski definition) is 2. The minimum absolute atomic E-state index is 0. The van der Waals surface area contributed by atoms with Crippen LogP contribution < -0.4 is 5.32 Å². The van der Waals surface area contributed by atoms with Crippen LogP contribution >= 0.6 is 24.0 Å². The Hall–Kier alpha value is -0.350. The van der Waals surface area contributed by atoms with E-state index in [9.17, 15) is 4.39 Å². The summed E-state index contributed by atoms with van der Waals surface area (Å²) in [5.41, 5.74) is 1.11. The molecule has 5 heteroatoms. The van der Waals surface area contributed by atoms with Gasteiger partial charge in [0, 0.05) is 25.2 Å². The summed E-state index contributed by atoms with van der Waals surface area (Å²) in [5, 5.41) is 3.64. The second kappa shape index (κ2) is 6.40. The first-order valence-corrected chi connectivity index (χ1v) is 7.02. The number of hydrogen-bond donors (Lipinski definition) is 1. The normalized spacial score (nSPS) is 22.6. The highest BCUT2D eigenvalue weighted by atomic mass is 35.5. The Morgan fingerprint density at radius 1 is 1.26 bits per heavy atom. The number of benzene rings is 1. The molecule has 19 heavy (non-hydrogen) atoms. The van der Waals surface area contributed by atoms with Crippen LogP contribution in [0.2, 0.25) is 5.02 Å². The van der Waals surface area contributed by atoms with E-state index in [2.05, 4.69) is 10.2 Å².